The zero-order valence-electron chi connectivity index (χ0n) is 30.7. The molecule has 0 N–H and O–H groups in total. The fraction of sp³-hybridized carbons (Fsp3) is 0.0588. The van der Waals surface area contributed by atoms with Gasteiger partial charge in [0, 0.05) is 0 Å². The van der Waals surface area contributed by atoms with Crippen LogP contribution in [0.4, 0.5) is 0 Å². The Bertz CT molecular complexity index is 2080. The Labute approximate surface area is 342 Å². The van der Waals surface area contributed by atoms with Gasteiger partial charge in [-0.2, -0.15) is 0 Å². The Hall–Kier alpha value is -4.42. The van der Waals surface area contributed by atoms with Crippen molar-refractivity contribution in [3.8, 4) is 0 Å². The van der Waals surface area contributed by atoms with Gasteiger partial charge in [0.15, 0.2) is 0 Å². The van der Waals surface area contributed by atoms with Crippen molar-refractivity contribution >= 4 is 73.4 Å². The number of rotatable bonds is 12. The summed E-state index contributed by atoms with van der Waals surface area (Å²) >= 11 is 9.26. The molecule has 0 nitrogen and oxygen atoms in total. The molecule has 0 heterocycles. The summed E-state index contributed by atoms with van der Waals surface area (Å²) in [4.78, 5) is 0. The van der Waals surface area contributed by atoms with Gasteiger partial charge in [-0.15, -0.1) is 0 Å². The molecule has 8 rings (SSSR count). The van der Waals surface area contributed by atoms with Crippen molar-refractivity contribution in [1.29, 1.82) is 0 Å². The number of benzene rings is 8. The average molecular weight is 879 g/mol. The maximum absolute atomic E-state index is 4.63. The topological polar surface area (TPSA) is 0 Å². The van der Waals surface area contributed by atoms with E-state index in [-0.39, 0.29) is 0 Å². The van der Waals surface area contributed by atoms with Crippen LogP contribution in [0.1, 0.15) is 22.3 Å². The maximum atomic E-state index is 4.63. The molecule has 272 valence electrons. The summed E-state index contributed by atoms with van der Waals surface area (Å²) in [5.74, 6) is 0. The van der Waals surface area contributed by atoms with E-state index in [1.165, 1.54) is 54.1 Å². The third-order valence-electron chi connectivity index (χ3n) is 11.2. The van der Waals surface area contributed by atoms with Crippen molar-refractivity contribution in [2.75, 3.05) is 0 Å². The molecule has 0 unspecified atom stereocenters. The molecular formula is C51H44Br2P2. The summed E-state index contributed by atoms with van der Waals surface area (Å²) in [6, 6.07) is 85.0. The van der Waals surface area contributed by atoms with E-state index in [0.717, 1.165) is 18.7 Å². The van der Waals surface area contributed by atoms with Crippen molar-refractivity contribution in [1.82, 2.24) is 0 Å². The van der Waals surface area contributed by atoms with E-state index in [2.05, 4.69) is 262 Å². The van der Waals surface area contributed by atoms with Gasteiger partial charge in [-0.05, 0) is 0 Å². The van der Waals surface area contributed by atoms with Crippen molar-refractivity contribution in [2.24, 2.45) is 0 Å². The minimum absolute atomic E-state index is 0.876. The molecule has 0 aliphatic carbocycles. The SMILES string of the molecule is BrP(Cc1ccc(Cc2ccc(CP(Br)(c3ccccc3)(c3ccccc3)c3ccccc3)cc2)cc1)(c1ccccc1)(c1ccccc1)c1ccccc1. The van der Waals surface area contributed by atoms with Gasteiger partial charge in [-0.3, -0.25) is 0 Å². The van der Waals surface area contributed by atoms with Crippen molar-refractivity contribution in [2.45, 2.75) is 18.7 Å². The van der Waals surface area contributed by atoms with Gasteiger partial charge in [0.05, 0.1) is 0 Å². The van der Waals surface area contributed by atoms with Gasteiger partial charge in [0.1, 0.15) is 0 Å². The van der Waals surface area contributed by atoms with E-state index in [9.17, 15) is 0 Å². The van der Waals surface area contributed by atoms with Crippen molar-refractivity contribution in [3.63, 3.8) is 0 Å². The Morgan fingerprint density at radius 1 is 0.236 bits per heavy atom. The van der Waals surface area contributed by atoms with Crippen molar-refractivity contribution < 1.29 is 0 Å². The predicted molar refractivity (Wildman–Crippen MR) is 251 cm³/mol. The zero-order valence-corrected chi connectivity index (χ0v) is 35.7. The van der Waals surface area contributed by atoms with E-state index in [1.54, 1.807) is 0 Å². The van der Waals surface area contributed by atoms with Crippen molar-refractivity contribution in [3.05, 3.63) is 253 Å². The Morgan fingerprint density at radius 3 is 0.618 bits per heavy atom. The molecule has 8 aromatic carbocycles. The normalized spacial score (nSPS) is 13.2. The quantitative estimate of drug-likeness (QED) is 0.107. The summed E-state index contributed by atoms with van der Waals surface area (Å²) in [7, 11) is 0. The van der Waals surface area contributed by atoms with Gasteiger partial charge >= 0.3 is 345 Å². The number of hydrogen-bond donors (Lipinski definition) is 0. The molecule has 0 saturated carbocycles. The molecule has 0 aliphatic rings. The fourth-order valence-electron chi connectivity index (χ4n) is 8.32. The van der Waals surface area contributed by atoms with E-state index in [0.29, 0.717) is 0 Å². The van der Waals surface area contributed by atoms with Crippen LogP contribution in [-0.2, 0) is 18.7 Å². The fourth-order valence-corrected chi connectivity index (χ4v) is 23.8. The Kier molecular flexibility index (Phi) is 10.6. The molecule has 4 heteroatoms. The summed E-state index contributed by atoms with van der Waals surface area (Å²) < 4.78 is 0. The molecule has 0 aliphatic heterocycles. The van der Waals surface area contributed by atoms with Gasteiger partial charge < -0.3 is 0 Å². The van der Waals surface area contributed by atoms with Crippen LogP contribution in [0.25, 0.3) is 0 Å². The molecule has 0 radical (unpaired) electrons. The van der Waals surface area contributed by atoms with Crippen LogP contribution >= 0.6 is 41.6 Å². The van der Waals surface area contributed by atoms with Crippen LogP contribution in [0.15, 0.2) is 231 Å². The molecule has 0 saturated heterocycles. The molecule has 0 aromatic heterocycles. The first kappa shape index (κ1) is 37.5. The van der Waals surface area contributed by atoms with Crippen LogP contribution < -0.4 is 31.8 Å². The second kappa shape index (κ2) is 15.6. The van der Waals surface area contributed by atoms with Gasteiger partial charge in [-0.25, -0.2) is 0 Å². The molecular weight excluding hydrogens is 834 g/mol. The van der Waals surface area contributed by atoms with Crippen LogP contribution in [0.3, 0.4) is 0 Å². The summed E-state index contributed by atoms with van der Waals surface area (Å²) in [5.41, 5.74) is 5.25. The second-order valence-electron chi connectivity index (χ2n) is 14.5. The van der Waals surface area contributed by atoms with Crippen LogP contribution in [-0.4, -0.2) is 0 Å². The van der Waals surface area contributed by atoms with Crippen LogP contribution in [0, 0.1) is 0 Å². The standard InChI is InChI=1S/C51H44Br2P2/c52-54(46-19-7-1-8-20-46,47-21-9-2-10-22-47,48-23-11-3-12-24-48)40-44-35-31-42(32-36-44)39-43-33-37-45(38-34-43)41-55(53,49-25-13-4-14-26-49,50-27-15-5-16-28-50)51-29-17-6-18-30-51/h1-38H,39-41H2. The van der Waals surface area contributed by atoms with E-state index in [4.69, 9.17) is 0 Å². The molecule has 8 aromatic rings. The number of halogens is 2. The predicted octanol–water partition coefficient (Wildman–Crippen LogP) is 12.0. The van der Waals surface area contributed by atoms with Gasteiger partial charge in [-0.1, -0.05) is 0 Å². The third kappa shape index (κ3) is 6.90. The first-order valence-corrected chi connectivity index (χ1v) is 27.7. The molecule has 0 fully saturated rings. The van der Waals surface area contributed by atoms with E-state index in [1.807, 2.05) is 0 Å². The van der Waals surface area contributed by atoms with Gasteiger partial charge in [0.2, 0.25) is 0 Å². The average Bonchev–Trinajstić information content (AvgIpc) is 3.27. The summed E-state index contributed by atoms with van der Waals surface area (Å²) in [6.45, 7) is 0. The molecule has 55 heavy (non-hydrogen) atoms. The van der Waals surface area contributed by atoms with E-state index >= 15 is 0 Å². The van der Waals surface area contributed by atoms with E-state index < -0.39 is 10.6 Å². The monoisotopic (exact) mass is 876 g/mol. The first-order valence-electron chi connectivity index (χ1n) is 18.8. The molecule has 0 spiro atoms. The van der Waals surface area contributed by atoms with Gasteiger partial charge in [0.25, 0.3) is 0 Å². The second-order valence-corrected chi connectivity index (χ2v) is 32.4. The molecule has 0 atom stereocenters. The first-order chi connectivity index (χ1) is 26.9. The minimum atomic E-state index is -3.07. The Balaban J connectivity index is 1.10. The number of hydrogen-bond acceptors (Lipinski definition) is 0. The summed E-state index contributed by atoms with van der Waals surface area (Å²) in [6.07, 6.45) is 2.63. The van der Waals surface area contributed by atoms with Crippen LogP contribution in [0.5, 0.6) is 0 Å². The molecule has 0 bridgehead atoms. The third-order valence-corrected chi connectivity index (χ3v) is 30.2. The van der Waals surface area contributed by atoms with Crippen LogP contribution in [0.2, 0.25) is 0 Å². The Morgan fingerprint density at radius 2 is 0.418 bits per heavy atom. The molecule has 0 amide bonds. The summed E-state index contributed by atoms with van der Waals surface area (Å²) in [5, 5.41) is 1.85. The zero-order chi connectivity index (χ0) is 37.7.